The molecule has 0 aliphatic carbocycles. The van der Waals surface area contributed by atoms with E-state index in [1.165, 1.54) is 33.2 Å². The molecule has 9 nitrogen and oxygen atoms in total. The van der Waals surface area contributed by atoms with Crippen molar-refractivity contribution in [2.24, 2.45) is 0 Å². The lowest BCUT2D eigenvalue weighted by Crippen LogP contribution is -2.43. The minimum absolute atomic E-state index is 0.131. The number of carbonyl (C=O) groups excluding carboxylic acids is 3. The number of benzene rings is 1. The van der Waals surface area contributed by atoms with Crippen molar-refractivity contribution in [2.45, 2.75) is 45.9 Å². The fraction of sp³-hybridized carbons (Fsp3) is 0.364. The van der Waals surface area contributed by atoms with E-state index in [-0.39, 0.29) is 17.2 Å². The Balaban J connectivity index is 2.01. The molecule has 0 saturated carbocycles. The summed E-state index contributed by atoms with van der Waals surface area (Å²) in [6.45, 7) is 6.14. The van der Waals surface area contributed by atoms with Crippen LogP contribution in [0.25, 0.3) is 0 Å². The molecule has 0 radical (unpaired) electrons. The van der Waals surface area contributed by atoms with Crippen LogP contribution in [0.3, 0.4) is 0 Å². The van der Waals surface area contributed by atoms with Gasteiger partial charge < -0.3 is 24.3 Å². The summed E-state index contributed by atoms with van der Waals surface area (Å²) in [5.74, 6) is -1.34. The molecule has 1 amide bonds. The Morgan fingerprint density at radius 1 is 1.00 bits per heavy atom. The van der Waals surface area contributed by atoms with E-state index in [1.54, 1.807) is 26.0 Å². The Hall–Kier alpha value is -3.62. The summed E-state index contributed by atoms with van der Waals surface area (Å²) in [5.41, 5.74) is -0.192. The number of pyridine rings is 1. The third kappa shape index (κ3) is 6.70. The summed E-state index contributed by atoms with van der Waals surface area (Å²) in [6.07, 6.45) is 0.345. The summed E-state index contributed by atoms with van der Waals surface area (Å²) in [7, 11) is 1.37. The van der Waals surface area contributed by atoms with Gasteiger partial charge in [-0.3, -0.25) is 9.59 Å². The summed E-state index contributed by atoms with van der Waals surface area (Å²) in [4.78, 5) is 40.4. The molecule has 0 fully saturated rings. The van der Waals surface area contributed by atoms with Crippen LogP contribution >= 0.6 is 0 Å². The number of para-hydroxylation sites is 1. The van der Waals surface area contributed by atoms with Gasteiger partial charge in [-0.05, 0) is 32.9 Å². The molecule has 166 valence electrons. The zero-order valence-electron chi connectivity index (χ0n) is 18.1. The van der Waals surface area contributed by atoms with Gasteiger partial charge in [0.25, 0.3) is 5.91 Å². The van der Waals surface area contributed by atoms with E-state index >= 15 is 0 Å². The number of esters is 2. The van der Waals surface area contributed by atoms with E-state index in [4.69, 9.17) is 18.9 Å². The van der Waals surface area contributed by atoms with Gasteiger partial charge in [0.1, 0.15) is 24.0 Å². The van der Waals surface area contributed by atoms with Crippen LogP contribution in [0.1, 0.15) is 38.2 Å². The second-order valence-corrected chi connectivity index (χ2v) is 6.76. The maximum absolute atomic E-state index is 12.6. The highest BCUT2D eigenvalue weighted by Gasteiger charge is 2.27. The Kier molecular flexibility index (Phi) is 8.36. The smallest absolute Gasteiger partial charge is 0.328 e. The van der Waals surface area contributed by atoms with Crippen LogP contribution in [0.15, 0.2) is 42.6 Å². The lowest BCUT2D eigenvalue weighted by Gasteiger charge is -2.23. The summed E-state index contributed by atoms with van der Waals surface area (Å²) >= 11 is 0. The minimum Gasteiger partial charge on any atom is -0.493 e. The first kappa shape index (κ1) is 23.7. The summed E-state index contributed by atoms with van der Waals surface area (Å²) < 4.78 is 21.3. The molecule has 0 bridgehead atoms. The quantitative estimate of drug-likeness (QED) is 0.604. The van der Waals surface area contributed by atoms with Crippen molar-refractivity contribution in [1.29, 1.82) is 0 Å². The van der Waals surface area contributed by atoms with Gasteiger partial charge in [-0.15, -0.1) is 0 Å². The number of hydrogen-bond donors (Lipinski definition) is 1. The molecule has 1 aromatic carbocycles. The molecular weight excluding hydrogens is 404 g/mol. The molecule has 0 saturated heterocycles. The van der Waals surface area contributed by atoms with Crippen molar-refractivity contribution in [3.63, 3.8) is 0 Å². The van der Waals surface area contributed by atoms with Crippen LogP contribution in [-0.4, -0.2) is 48.2 Å². The molecule has 0 spiro atoms. The van der Waals surface area contributed by atoms with Gasteiger partial charge >= 0.3 is 11.9 Å². The lowest BCUT2D eigenvalue weighted by atomic mass is 10.2. The van der Waals surface area contributed by atoms with Gasteiger partial charge in [-0.2, -0.15) is 0 Å². The SMILES string of the molecule is COc1ccnc(C(=O)N[C@@H](C)C(=O)O[C@H](C)[C@H](C)Oc2ccccc2)c1OC(C)=O. The van der Waals surface area contributed by atoms with Crippen LogP contribution in [-0.2, 0) is 14.3 Å². The van der Waals surface area contributed by atoms with E-state index in [0.717, 1.165) is 0 Å². The maximum atomic E-state index is 12.6. The second-order valence-electron chi connectivity index (χ2n) is 6.76. The molecule has 9 heteroatoms. The Bertz CT molecular complexity index is 917. The highest BCUT2D eigenvalue weighted by Crippen LogP contribution is 2.29. The monoisotopic (exact) mass is 430 g/mol. The predicted molar refractivity (Wildman–Crippen MR) is 111 cm³/mol. The molecule has 1 N–H and O–H groups in total. The van der Waals surface area contributed by atoms with Crippen molar-refractivity contribution in [3.8, 4) is 17.2 Å². The number of methoxy groups -OCH3 is 1. The maximum Gasteiger partial charge on any atom is 0.328 e. The van der Waals surface area contributed by atoms with Gasteiger partial charge in [0.2, 0.25) is 5.75 Å². The third-order valence-corrected chi connectivity index (χ3v) is 4.28. The molecule has 2 aromatic rings. The summed E-state index contributed by atoms with van der Waals surface area (Å²) in [6, 6.07) is 9.61. The van der Waals surface area contributed by atoms with Crippen LogP contribution in [0.2, 0.25) is 0 Å². The molecule has 0 aliphatic heterocycles. The highest BCUT2D eigenvalue weighted by molar-refractivity contribution is 5.98. The average molecular weight is 430 g/mol. The van der Waals surface area contributed by atoms with Gasteiger partial charge in [0.15, 0.2) is 11.4 Å². The van der Waals surface area contributed by atoms with Crippen molar-refractivity contribution in [3.05, 3.63) is 48.3 Å². The number of rotatable bonds is 9. The van der Waals surface area contributed by atoms with Crippen molar-refractivity contribution < 1.29 is 33.3 Å². The molecule has 0 unspecified atom stereocenters. The number of ether oxygens (including phenoxy) is 4. The van der Waals surface area contributed by atoms with Crippen LogP contribution < -0.4 is 19.5 Å². The first-order chi connectivity index (χ1) is 14.7. The zero-order chi connectivity index (χ0) is 23.0. The molecular formula is C22H26N2O7. The largest absolute Gasteiger partial charge is 0.493 e. The van der Waals surface area contributed by atoms with Crippen LogP contribution in [0, 0.1) is 0 Å². The topological polar surface area (TPSA) is 113 Å². The van der Waals surface area contributed by atoms with E-state index in [0.29, 0.717) is 5.75 Å². The standard InChI is InChI=1S/C22H26N2O7/c1-13(22(27)30-15(3)14(2)29-17-9-7-6-8-10-17)24-21(26)19-20(31-16(4)25)18(28-5)11-12-23-19/h6-15H,1-5H3,(H,24,26)/t13-,14-,15+/m0/s1. The number of hydrogen-bond acceptors (Lipinski definition) is 8. The van der Waals surface area contributed by atoms with Crippen molar-refractivity contribution in [2.75, 3.05) is 7.11 Å². The fourth-order valence-electron chi connectivity index (χ4n) is 2.51. The van der Waals surface area contributed by atoms with Gasteiger partial charge in [0, 0.05) is 19.2 Å². The predicted octanol–water partition coefficient (Wildman–Crippen LogP) is 2.53. The first-order valence-electron chi connectivity index (χ1n) is 9.67. The van der Waals surface area contributed by atoms with Gasteiger partial charge in [-0.25, -0.2) is 9.78 Å². The number of nitrogens with one attached hydrogen (secondary N) is 1. The minimum atomic E-state index is -0.989. The number of amides is 1. The first-order valence-corrected chi connectivity index (χ1v) is 9.67. The summed E-state index contributed by atoms with van der Waals surface area (Å²) in [5, 5.41) is 2.49. The average Bonchev–Trinajstić information content (AvgIpc) is 2.73. The van der Waals surface area contributed by atoms with E-state index in [2.05, 4.69) is 10.3 Å². The molecule has 31 heavy (non-hydrogen) atoms. The fourth-order valence-corrected chi connectivity index (χ4v) is 2.51. The van der Waals surface area contributed by atoms with Gasteiger partial charge in [0.05, 0.1) is 7.11 Å². The Morgan fingerprint density at radius 2 is 1.68 bits per heavy atom. The van der Waals surface area contributed by atoms with E-state index in [1.807, 2.05) is 18.2 Å². The molecule has 1 heterocycles. The lowest BCUT2D eigenvalue weighted by molar-refractivity contribution is -0.154. The number of aromatic nitrogens is 1. The third-order valence-electron chi connectivity index (χ3n) is 4.28. The second kappa shape index (κ2) is 11.0. The normalized spacial score (nSPS) is 13.3. The molecule has 3 atom stereocenters. The number of nitrogens with zero attached hydrogens (tertiary/aromatic N) is 1. The highest BCUT2D eigenvalue weighted by atomic mass is 16.6. The molecule has 1 aromatic heterocycles. The number of carbonyl (C=O) groups is 3. The van der Waals surface area contributed by atoms with Crippen LogP contribution in [0.4, 0.5) is 0 Å². The van der Waals surface area contributed by atoms with E-state index < -0.39 is 36.1 Å². The molecule has 0 aliphatic rings. The molecule has 2 rings (SSSR count). The van der Waals surface area contributed by atoms with Crippen LogP contribution in [0.5, 0.6) is 17.2 Å². The zero-order valence-corrected chi connectivity index (χ0v) is 18.1. The van der Waals surface area contributed by atoms with Gasteiger partial charge in [-0.1, -0.05) is 18.2 Å². The van der Waals surface area contributed by atoms with E-state index in [9.17, 15) is 14.4 Å². The van der Waals surface area contributed by atoms with Crippen molar-refractivity contribution in [1.82, 2.24) is 10.3 Å². The van der Waals surface area contributed by atoms with Crippen molar-refractivity contribution >= 4 is 17.8 Å². The Labute approximate surface area is 180 Å². The Morgan fingerprint density at radius 3 is 2.29 bits per heavy atom.